The zero-order chi connectivity index (χ0) is 28.9. The molecule has 1 fully saturated rings. The number of rotatable bonds is 8. The van der Waals surface area contributed by atoms with Gasteiger partial charge in [-0.1, -0.05) is 83.3 Å². The predicted octanol–water partition coefficient (Wildman–Crippen LogP) is 7.47. The Hall–Kier alpha value is -4.30. The molecule has 0 radical (unpaired) electrons. The van der Waals surface area contributed by atoms with E-state index in [0.29, 0.717) is 22.9 Å². The highest BCUT2D eigenvalue weighted by molar-refractivity contribution is 6.40. The van der Waals surface area contributed by atoms with E-state index in [9.17, 15) is 14.4 Å². The minimum atomic E-state index is -0.866. The van der Waals surface area contributed by atoms with E-state index in [-0.39, 0.29) is 33.7 Å². The Morgan fingerprint density at radius 1 is 0.732 bits per heavy atom. The van der Waals surface area contributed by atoms with Crippen molar-refractivity contribution in [3.63, 3.8) is 0 Å². The lowest BCUT2D eigenvalue weighted by atomic mass is 10.1. The third-order valence-corrected chi connectivity index (χ3v) is 7.04. The average Bonchev–Trinajstić information content (AvgIpc) is 2.96. The van der Waals surface area contributed by atoms with Crippen LogP contribution in [0.15, 0.2) is 96.6 Å². The van der Waals surface area contributed by atoms with Crippen molar-refractivity contribution in [2.45, 2.75) is 13.2 Å². The fraction of sp³-hybridized carbons (Fsp3) is 0.0645. The number of barbiturate groups is 1. The fourth-order valence-electron chi connectivity index (χ4n) is 4.06. The van der Waals surface area contributed by atoms with Gasteiger partial charge in [0.15, 0.2) is 5.75 Å². The van der Waals surface area contributed by atoms with Crippen molar-refractivity contribution in [2.24, 2.45) is 0 Å². The first kappa shape index (κ1) is 28.2. The molecule has 41 heavy (non-hydrogen) atoms. The largest absolute Gasteiger partial charge is 0.489 e. The van der Waals surface area contributed by atoms with Gasteiger partial charge in [-0.25, -0.2) is 9.69 Å². The molecule has 1 saturated heterocycles. The second kappa shape index (κ2) is 12.5. The van der Waals surface area contributed by atoms with Gasteiger partial charge in [-0.15, -0.1) is 0 Å². The summed E-state index contributed by atoms with van der Waals surface area (Å²) >= 11 is 19.0. The Labute approximate surface area is 250 Å². The Morgan fingerprint density at radius 3 is 2.07 bits per heavy atom. The second-order valence-electron chi connectivity index (χ2n) is 8.92. The summed E-state index contributed by atoms with van der Waals surface area (Å²) in [6.45, 7) is 0.493. The highest BCUT2D eigenvalue weighted by Gasteiger charge is 2.37. The molecule has 206 valence electrons. The number of benzene rings is 4. The lowest BCUT2D eigenvalue weighted by Crippen LogP contribution is -2.54. The van der Waals surface area contributed by atoms with E-state index in [1.54, 1.807) is 30.3 Å². The van der Waals surface area contributed by atoms with Crippen LogP contribution in [0.1, 0.15) is 16.7 Å². The van der Waals surface area contributed by atoms with Crippen molar-refractivity contribution in [3.8, 4) is 11.5 Å². The van der Waals surface area contributed by atoms with Crippen molar-refractivity contribution in [3.05, 3.63) is 128 Å². The van der Waals surface area contributed by atoms with Crippen molar-refractivity contribution in [2.75, 3.05) is 4.90 Å². The highest BCUT2D eigenvalue weighted by atomic mass is 35.5. The van der Waals surface area contributed by atoms with Gasteiger partial charge in [-0.3, -0.25) is 14.9 Å². The molecular weight excluding hydrogens is 587 g/mol. The van der Waals surface area contributed by atoms with E-state index in [2.05, 4.69) is 5.32 Å². The van der Waals surface area contributed by atoms with Crippen LogP contribution >= 0.6 is 34.8 Å². The number of nitrogens with zero attached hydrogens (tertiary/aromatic N) is 1. The topological polar surface area (TPSA) is 84.9 Å². The Kier molecular flexibility index (Phi) is 8.59. The number of urea groups is 1. The molecule has 5 rings (SSSR count). The minimum absolute atomic E-state index is 0.133. The molecule has 4 amide bonds. The number of hydrogen-bond donors (Lipinski definition) is 1. The van der Waals surface area contributed by atoms with Crippen LogP contribution in [0, 0.1) is 0 Å². The first-order valence-corrected chi connectivity index (χ1v) is 13.5. The highest BCUT2D eigenvalue weighted by Crippen LogP contribution is 2.36. The molecule has 0 spiro atoms. The molecule has 0 saturated carbocycles. The summed E-state index contributed by atoms with van der Waals surface area (Å²) in [5.41, 5.74) is 2.10. The van der Waals surface area contributed by atoms with Gasteiger partial charge in [0, 0.05) is 10.6 Å². The number of ether oxygens (including phenoxy) is 2. The van der Waals surface area contributed by atoms with Crippen molar-refractivity contribution < 1.29 is 23.9 Å². The van der Waals surface area contributed by atoms with Crippen LogP contribution in [0.25, 0.3) is 6.08 Å². The van der Waals surface area contributed by atoms with Crippen LogP contribution in [-0.2, 0) is 22.8 Å². The molecule has 7 nitrogen and oxygen atoms in total. The van der Waals surface area contributed by atoms with Crippen molar-refractivity contribution >= 4 is 64.4 Å². The summed E-state index contributed by atoms with van der Waals surface area (Å²) in [6, 6.07) is 25.4. The van der Waals surface area contributed by atoms with Gasteiger partial charge in [-0.2, -0.15) is 0 Å². The quantitative estimate of drug-likeness (QED) is 0.166. The van der Waals surface area contributed by atoms with Gasteiger partial charge >= 0.3 is 6.03 Å². The van der Waals surface area contributed by atoms with E-state index in [4.69, 9.17) is 44.3 Å². The lowest BCUT2D eigenvalue weighted by molar-refractivity contribution is -0.122. The molecule has 4 aromatic rings. The first-order valence-electron chi connectivity index (χ1n) is 12.3. The van der Waals surface area contributed by atoms with Crippen LogP contribution < -0.4 is 19.7 Å². The molecule has 0 aromatic heterocycles. The van der Waals surface area contributed by atoms with Gasteiger partial charge in [0.25, 0.3) is 11.8 Å². The SMILES string of the molecule is O=C1NC(=O)N(c2ccc(OCc3ccccc3)cc2)C(=O)/C1=C/c1cc(Cl)c(OCc2ccccc2Cl)c(Cl)c1. The Bertz CT molecular complexity index is 1630. The molecule has 1 N–H and O–H groups in total. The van der Waals surface area contributed by atoms with E-state index in [0.717, 1.165) is 16.0 Å². The molecule has 10 heteroatoms. The molecule has 1 aliphatic rings. The standard InChI is InChI=1S/C31H21Cl3N2O5/c32-25-9-5-4-8-21(25)18-41-28-26(33)15-20(16-27(28)34)14-24-29(37)35-31(39)36(30(24)38)22-10-12-23(13-11-22)40-17-19-6-2-1-3-7-19/h1-16H,17-18H2,(H,35,37,39)/b24-14+. The summed E-state index contributed by atoms with van der Waals surface area (Å²) in [6.07, 6.45) is 1.31. The number of hydrogen-bond acceptors (Lipinski definition) is 5. The number of carbonyl (C=O) groups excluding carboxylic acids is 3. The summed E-state index contributed by atoms with van der Waals surface area (Å²) < 4.78 is 11.6. The van der Waals surface area contributed by atoms with Crippen molar-refractivity contribution in [1.82, 2.24) is 5.32 Å². The van der Waals surface area contributed by atoms with Gasteiger partial charge < -0.3 is 9.47 Å². The molecule has 0 bridgehead atoms. The van der Waals surface area contributed by atoms with E-state index >= 15 is 0 Å². The zero-order valence-corrected chi connectivity index (χ0v) is 23.5. The van der Waals surface area contributed by atoms with Crippen LogP contribution in [0.3, 0.4) is 0 Å². The molecule has 0 aliphatic carbocycles. The van der Waals surface area contributed by atoms with Gasteiger partial charge in [0.1, 0.15) is 24.5 Å². The minimum Gasteiger partial charge on any atom is -0.489 e. The second-order valence-corrected chi connectivity index (χ2v) is 10.1. The number of amides is 4. The van der Waals surface area contributed by atoms with Crippen LogP contribution in [0.4, 0.5) is 10.5 Å². The van der Waals surface area contributed by atoms with E-state index in [1.807, 2.05) is 48.5 Å². The maximum atomic E-state index is 13.3. The number of halogens is 3. The smallest absolute Gasteiger partial charge is 0.335 e. The zero-order valence-electron chi connectivity index (χ0n) is 21.3. The van der Waals surface area contributed by atoms with E-state index < -0.39 is 17.8 Å². The molecular formula is C31H21Cl3N2O5. The van der Waals surface area contributed by atoms with Crippen LogP contribution in [0.2, 0.25) is 15.1 Å². The number of carbonyl (C=O) groups is 3. The third kappa shape index (κ3) is 6.55. The molecule has 0 atom stereocenters. The molecule has 4 aromatic carbocycles. The fourth-order valence-corrected chi connectivity index (χ4v) is 4.86. The average molecular weight is 608 g/mol. The van der Waals surface area contributed by atoms with Crippen molar-refractivity contribution in [1.29, 1.82) is 0 Å². The summed E-state index contributed by atoms with van der Waals surface area (Å²) in [5.74, 6) is -0.870. The Balaban J connectivity index is 1.33. The van der Waals surface area contributed by atoms with Gasteiger partial charge in [-0.05, 0) is 59.7 Å². The first-order chi connectivity index (χ1) is 19.8. The van der Waals surface area contributed by atoms with E-state index in [1.165, 1.54) is 18.2 Å². The normalized spacial score (nSPS) is 14.3. The van der Waals surface area contributed by atoms with Crippen LogP contribution in [0.5, 0.6) is 11.5 Å². The summed E-state index contributed by atoms with van der Waals surface area (Å²) in [7, 11) is 0. The molecule has 1 aliphatic heterocycles. The molecule has 0 unspecified atom stereocenters. The van der Waals surface area contributed by atoms with Crippen LogP contribution in [-0.4, -0.2) is 17.8 Å². The van der Waals surface area contributed by atoms with Gasteiger partial charge in [0.2, 0.25) is 0 Å². The monoisotopic (exact) mass is 606 g/mol. The molecule has 1 heterocycles. The number of anilines is 1. The predicted molar refractivity (Wildman–Crippen MR) is 158 cm³/mol. The maximum Gasteiger partial charge on any atom is 0.335 e. The van der Waals surface area contributed by atoms with Gasteiger partial charge in [0.05, 0.1) is 15.7 Å². The number of nitrogens with one attached hydrogen (secondary N) is 1. The summed E-state index contributed by atoms with van der Waals surface area (Å²) in [4.78, 5) is 39.4. The third-order valence-electron chi connectivity index (χ3n) is 6.11. The maximum absolute atomic E-state index is 13.3. The summed E-state index contributed by atoms with van der Waals surface area (Å²) in [5, 5.41) is 3.07. The lowest BCUT2D eigenvalue weighted by Gasteiger charge is -2.26. The Morgan fingerprint density at radius 2 is 1.39 bits per heavy atom. The number of imide groups is 2.